The number of amides is 2. The van der Waals surface area contributed by atoms with Crippen molar-refractivity contribution >= 4 is 11.8 Å². The highest BCUT2D eigenvalue weighted by Gasteiger charge is 2.41. The Bertz CT molecular complexity index is 709. The minimum atomic E-state index is -0.319. The summed E-state index contributed by atoms with van der Waals surface area (Å²) in [4.78, 5) is 27.5. The molecule has 2 rings (SSSR count). The van der Waals surface area contributed by atoms with Gasteiger partial charge in [0, 0.05) is 32.0 Å². The van der Waals surface area contributed by atoms with Crippen LogP contribution in [0, 0.1) is 11.8 Å². The molecule has 1 heterocycles. The number of methoxy groups -OCH3 is 3. The maximum absolute atomic E-state index is 13.0. The third-order valence-corrected chi connectivity index (χ3v) is 5.54. The van der Waals surface area contributed by atoms with E-state index >= 15 is 0 Å². The van der Waals surface area contributed by atoms with Crippen LogP contribution < -0.4 is 19.5 Å². The average Bonchev–Trinajstić information content (AvgIpc) is 3.18. The molecular weight excluding hydrogens is 384 g/mol. The van der Waals surface area contributed by atoms with E-state index in [-0.39, 0.29) is 29.6 Å². The van der Waals surface area contributed by atoms with Crippen LogP contribution in [0.1, 0.15) is 51.5 Å². The molecule has 1 aliphatic heterocycles. The Labute approximate surface area is 180 Å². The van der Waals surface area contributed by atoms with Crippen molar-refractivity contribution in [2.45, 2.75) is 46.0 Å². The fraction of sp³-hybridized carbons (Fsp3) is 0.652. The highest BCUT2D eigenvalue weighted by molar-refractivity contribution is 5.83. The van der Waals surface area contributed by atoms with E-state index in [1.54, 1.807) is 21.3 Å². The standard InChI is InChI=1S/C23H36N2O5/c1-7-8-9-24-23(27)18-14-25(21(26)10-15(2)3)13-17(18)16-11-19(28-4)22(30-6)20(12-16)29-5/h11-12,15,17-18H,7-10,13-14H2,1-6H3,(H,24,27). The molecule has 0 saturated carbocycles. The zero-order valence-corrected chi connectivity index (χ0v) is 19.1. The lowest BCUT2D eigenvalue weighted by atomic mass is 9.88. The number of ether oxygens (including phenoxy) is 3. The summed E-state index contributed by atoms with van der Waals surface area (Å²) in [5, 5.41) is 3.04. The van der Waals surface area contributed by atoms with E-state index in [2.05, 4.69) is 12.2 Å². The van der Waals surface area contributed by atoms with E-state index in [0.717, 1.165) is 18.4 Å². The van der Waals surface area contributed by atoms with E-state index in [1.807, 2.05) is 30.9 Å². The third-order valence-electron chi connectivity index (χ3n) is 5.54. The highest BCUT2D eigenvalue weighted by Crippen LogP contribution is 2.43. The molecule has 1 aromatic rings. The molecule has 168 valence electrons. The number of hydrogen-bond donors (Lipinski definition) is 1. The number of nitrogens with zero attached hydrogens (tertiary/aromatic N) is 1. The zero-order chi connectivity index (χ0) is 22.3. The van der Waals surface area contributed by atoms with Crippen LogP contribution in [-0.2, 0) is 9.59 Å². The van der Waals surface area contributed by atoms with Crippen molar-refractivity contribution in [2.75, 3.05) is 41.0 Å². The van der Waals surface area contributed by atoms with Gasteiger partial charge >= 0.3 is 0 Å². The van der Waals surface area contributed by atoms with Crippen molar-refractivity contribution in [3.05, 3.63) is 17.7 Å². The summed E-state index contributed by atoms with van der Waals surface area (Å²) in [6.07, 6.45) is 2.43. The van der Waals surface area contributed by atoms with Crippen molar-refractivity contribution in [2.24, 2.45) is 11.8 Å². The van der Waals surface area contributed by atoms with Crippen LogP contribution in [-0.4, -0.2) is 57.7 Å². The van der Waals surface area contributed by atoms with Crippen molar-refractivity contribution < 1.29 is 23.8 Å². The van der Waals surface area contributed by atoms with Crippen LogP contribution in [0.5, 0.6) is 17.2 Å². The third kappa shape index (κ3) is 5.58. The highest BCUT2D eigenvalue weighted by atomic mass is 16.5. The summed E-state index contributed by atoms with van der Waals surface area (Å²) in [5.74, 6) is 1.49. The number of carbonyl (C=O) groups excluding carboxylic acids is 2. The van der Waals surface area contributed by atoms with Crippen molar-refractivity contribution in [1.82, 2.24) is 10.2 Å². The summed E-state index contributed by atoms with van der Waals surface area (Å²) in [6.45, 7) is 7.71. The summed E-state index contributed by atoms with van der Waals surface area (Å²) >= 11 is 0. The first-order valence-electron chi connectivity index (χ1n) is 10.7. The second-order valence-corrected chi connectivity index (χ2v) is 8.21. The number of hydrogen-bond acceptors (Lipinski definition) is 5. The maximum Gasteiger partial charge on any atom is 0.225 e. The number of likely N-dealkylation sites (tertiary alicyclic amines) is 1. The SMILES string of the molecule is CCCCNC(=O)C1CN(C(=O)CC(C)C)CC1c1cc(OC)c(OC)c(OC)c1. The fourth-order valence-corrected chi connectivity index (χ4v) is 3.92. The van der Waals surface area contributed by atoms with Gasteiger partial charge in [0.2, 0.25) is 17.6 Å². The van der Waals surface area contributed by atoms with E-state index in [1.165, 1.54) is 0 Å². The lowest BCUT2D eigenvalue weighted by Gasteiger charge is -2.21. The van der Waals surface area contributed by atoms with Gasteiger partial charge in [-0.25, -0.2) is 0 Å². The molecule has 0 aromatic heterocycles. The van der Waals surface area contributed by atoms with E-state index in [9.17, 15) is 9.59 Å². The molecular formula is C23H36N2O5. The molecule has 7 nitrogen and oxygen atoms in total. The Morgan fingerprint density at radius 2 is 1.73 bits per heavy atom. The molecule has 1 aromatic carbocycles. The van der Waals surface area contributed by atoms with Gasteiger partial charge in [0.05, 0.1) is 27.2 Å². The van der Waals surface area contributed by atoms with Gasteiger partial charge in [0.1, 0.15) is 0 Å². The smallest absolute Gasteiger partial charge is 0.225 e. The lowest BCUT2D eigenvalue weighted by Crippen LogP contribution is -2.36. The first-order chi connectivity index (χ1) is 14.4. The summed E-state index contributed by atoms with van der Waals surface area (Å²) < 4.78 is 16.4. The predicted molar refractivity (Wildman–Crippen MR) is 116 cm³/mol. The molecule has 0 radical (unpaired) electrons. The Morgan fingerprint density at radius 3 is 2.23 bits per heavy atom. The minimum absolute atomic E-state index is 0.0120. The number of rotatable bonds is 10. The van der Waals surface area contributed by atoms with Crippen LogP contribution >= 0.6 is 0 Å². The molecule has 0 spiro atoms. The second kappa shape index (κ2) is 11.1. The molecule has 1 saturated heterocycles. The Hall–Kier alpha value is -2.44. The summed E-state index contributed by atoms with van der Waals surface area (Å²) in [5.41, 5.74) is 0.903. The van der Waals surface area contributed by atoms with E-state index < -0.39 is 0 Å². The van der Waals surface area contributed by atoms with Crippen LogP contribution in [0.4, 0.5) is 0 Å². The molecule has 2 amide bonds. The Kier molecular flexibility index (Phi) is 8.81. The van der Waals surface area contributed by atoms with Crippen molar-refractivity contribution in [1.29, 1.82) is 0 Å². The van der Waals surface area contributed by atoms with E-state index in [4.69, 9.17) is 14.2 Å². The van der Waals surface area contributed by atoms with Crippen LogP contribution in [0.3, 0.4) is 0 Å². The zero-order valence-electron chi connectivity index (χ0n) is 19.1. The van der Waals surface area contributed by atoms with Gasteiger partial charge in [-0.1, -0.05) is 27.2 Å². The largest absolute Gasteiger partial charge is 0.493 e. The predicted octanol–water partition coefficient (Wildman–Crippen LogP) is 3.22. The molecule has 7 heteroatoms. The Balaban J connectivity index is 2.37. The average molecular weight is 421 g/mol. The topological polar surface area (TPSA) is 77.1 Å². The van der Waals surface area contributed by atoms with E-state index in [0.29, 0.717) is 43.3 Å². The molecule has 30 heavy (non-hydrogen) atoms. The van der Waals surface area contributed by atoms with Crippen molar-refractivity contribution in [3.8, 4) is 17.2 Å². The number of carbonyl (C=O) groups is 2. The van der Waals surface area contributed by atoms with Gasteiger partial charge in [-0.15, -0.1) is 0 Å². The molecule has 1 fully saturated rings. The maximum atomic E-state index is 13.0. The number of unbranched alkanes of at least 4 members (excludes halogenated alkanes) is 1. The van der Waals surface area contributed by atoms with Gasteiger partial charge < -0.3 is 24.4 Å². The first-order valence-corrected chi connectivity index (χ1v) is 10.7. The number of benzene rings is 1. The number of nitrogens with one attached hydrogen (secondary N) is 1. The van der Waals surface area contributed by atoms with Gasteiger partial charge in [-0.2, -0.15) is 0 Å². The van der Waals surface area contributed by atoms with Gasteiger partial charge in [-0.05, 0) is 30.0 Å². The summed E-state index contributed by atoms with van der Waals surface area (Å²) in [6, 6.07) is 3.77. The van der Waals surface area contributed by atoms with Gasteiger partial charge in [0.15, 0.2) is 11.5 Å². The quantitative estimate of drug-likeness (QED) is 0.588. The normalized spacial score (nSPS) is 18.4. The monoisotopic (exact) mass is 420 g/mol. The molecule has 1 aliphatic rings. The fourth-order valence-electron chi connectivity index (χ4n) is 3.92. The van der Waals surface area contributed by atoms with Crippen LogP contribution in [0.2, 0.25) is 0 Å². The Morgan fingerprint density at radius 1 is 1.10 bits per heavy atom. The van der Waals surface area contributed by atoms with Crippen LogP contribution in [0.15, 0.2) is 12.1 Å². The van der Waals surface area contributed by atoms with Crippen molar-refractivity contribution in [3.63, 3.8) is 0 Å². The molecule has 0 aliphatic carbocycles. The molecule has 2 unspecified atom stereocenters. The molecule has 0 bridgehead atoms. The summed E-state index contributed by atoms with van der Waals surface area (Å²) in [7, 11) is 4.71. The first kappa shape index (κ1) is 23.8. The molecule has 1 N–H and O–H groups in total. The van der Waals surface area contributed by atoms with Crippen LogP contribution in [0.25, 0.3) is 0 Å². The van der Waals surface area contributed by atoms with Gasteiger partial charge in [-0.3, -0.25) is 9.59 Å². The minimum Gasteiger partial charge on any atom is -0.493 e. The lowest BCUT2D eigenvalue weighted by molar-refractivity contribution is -0.131. The molecule has 2 atom stereocenters. The van der Waals surface area contributed by atoms with Gasteiger partial charge in [0.25, 0.3) is 0 Å². The second-order valence-electron chi connectivity index (χ2n) is 8.21.